The van der Waals surface area contributed by atoms with Crippen molar-refractivity contribution in [2.75, 3.05) is 5.32 Å². The van der Waals surface area contributed by atoms with E-state index in [0.717, 1.165) is 28.0 Å². The van der Waals surface area contributed by atoms with E-state index in [9.17, 15) is 13.2 Å². The number of benzene rings is 2. The van der Waals surface area contributed by atoms with Gasteiger partial charge in [0.05, 0.1) is 0 Å². The van der Waals surface area contributed by atoms with Gasteiger partial charge in [0.2, 0.25) is 9.47 Å². The van der Waals surface area contributed by atoms with E-state index in [1.54, 1.807) is 24.3 Å². The minimum absolute atomic E-state index is 0.0922. The molecule has 1 atom stereocenters. The van der Waals surface area contributed by atoms with Crippen LogP contribution in [0.4, 0.5) is 5.13 Å². The van der Waals surface area contributed by atoms with E-state index in [2.05, 4.69) is 20.2 Å². The fourth-order valence-electron chi connectivity index (χ4n) is 2.75. The van der Waals surface area contributed by atoms with E-state index in [1.165, 1.54) is 0 Å². The van der Waals surface area contributed by atoms with Crippen LogP contribution in [-0.4, -0.2) is 24.5 Å². The third-order valence-corrected chi connectivity index (χ3v) is 7.53. The molecule has 0 aliphatic carbocycles. The van der Waals surface area contributed by atoms with Crippen molar-refractivity contribution >= 4 is 44.0 Å². The predicted molar refractivity (Wildman–Crippen MR) is 119 cm³/mol. The second-order valence-corrected chi connectivity index (χ2v) is 10.1. The monoisotopic (exact) mass is 464 g/mol. The third kappa shape index (κ3) is 5.23. The average molecular weight is 465 g/mol. The lowest BCUT2D eigenvalue weighted by molar-refractivity contribution is 0.102. The van der Waals surface area contributed by atoms with E-state index in [0.29, 0.717) is 17.0 Å². The van der Waals surface area contributed by atoms with Gasteiger partial charge in [-0.2, -0.15) is 0 Å². The molecule has 0 saturated carbocycles. The first-order chi connectivity index (χ1) is 14.2. The predicted octanol–water partition coefficient (Wildman–Crippen LogP) is 4.49. The number of aryl methyl sites for hydroxylation is 2. The van der Waals surface area contributed by atoms with Crippen LogP contribution >= 0.6 is 22.9 Å². The van der Waals surface area contributed by atoms with Gasteiger partial charge >= 0.3 is 0 Å². The third-order valence-electron chi connectivity index (χ3n) is 4.60. The maximum absolute atomic E-state index is 12.8. The molecule has 158 valence electrons. The Hall–Kier alpha value is -2.33. The number of aromatic nitrogens is 2. The Labute approximate surface area is 184 Å². The quantitative estimate of drug-likeness (QED) is 0.501. The fourth-order valence-corrected chi connectivity index (χ4v) is 5.09. The van der Waals surface area contributed by atoms with Gasteiger partial charge in [-0.25, -0.2) is 13.1 Å². The Morgan fingerprint density at radius 2 is 1.80 bits per heavy atom. The second-order valence-electron chi connectivity index (χ2n) is 6.76. The largest absolute Gasteiger partial charge is 0.296 e. The number of amides is 1. The summed E-state index contributed by atoms with van der Waals surface area (Å²) < 4.78 is 28.1. The smallest absolute Gasteiger partial charge is 0.270 e. The highest BCUT2D eigenvalue weighted by atomic mass is 35.5. The highest BCUT2D eigenvalue weighted by Crippen LogP contribution is 2.25. The Morgan fingerprint density at radius 1 is 1.10 bits per heavy atom. The second kappa shape index (κ2) is 9.22. The topological polar surface area (TPSA) is 101 Å². The standard InChI is InChI=1S/C20H21ClN4O3S2/c1-4-17(15-6-5-12(2)13(3)11-15)25-30(27,28)20-24-23-19(29-20)22-18(26)14-7-9-16(21)10-8-14/h5-11,17,25H,4H2,1-3H3,(H,22,23,26). The number of anilines is 1. The molecule has 2 aromatic carbocycles. The van der Waals surface area contributed by atoms with Gasteiger partial charge in [0.25, 0.3) is 15.9 Å². The fraction of sp³-hybridized carbons (Fsp3) is 0.250. The number of rotatable bonds is 7. The molecule has 30 heavy (non-hydrogen) atoms. The number of carbonyl (C=O) groups excluding carboxylic acids is 1. The first kappa shape index (κ1) is 22.4. The summed E-state index contributed by atoms with van der Waals surface area (Å²) in [7, 11) is -3.90. The van der Waals surface area contributed by atoms with Crippen molar-refractivity contribution in [1.29, 1.82) is 0 Å². The van der Waals surface area contributed by atoms with E-state index in [1.807, 2.05) is 39.0 Å². The average Bonchev–Trinajstić information content (AvgIpc) is 3.18. The molecule has 1 heterocycles. The maximum atomic E-state index is 12.8. The number of halogens is 1. The SMILES string of the molecule is CCC(NS(=O)(=O)c1nnc(NC(=O)c2ccc(Cl)cc2)s1)c1ccc(C)c(C)c1. The summed E-state index contributed by atoms with van der Waals surface area (Å²) >= 11 is 6.61. The summed E-state index contributed by atoms with van der Waals surface area (Å²) in [6.07, 6.45) is 0.570. The molecule has 0 fully saturated rings. The summed E-state index contributed by atoms with van der Waals surface area (Å²) in [5, 5.41) is 10.7. The van der Waals surface area contributed by atoms with Crippen LogP contribution in [0.2, 0.25) is 5.02 Å². The molecule has 0 aliphatic heterocycles. The van der Waals surface area contributed by atoms with Gasteiger partial charge in [-0.3, -0.25) is 10.1 Å². The lowest BCUT2D eigenvalue weighted by Crippen LogP contribution is -2.28. The molecule has 0 aliphatic rings. The summed E-state index contributed by atoms with van der Waals surface area (Å²) in [6.45, 7) is 5.89. The first-order valence-corrected chi connectivity index (χ1v) is 11.9. The van der Waals surface area contributed by atoms with Crippen LogP contribution in [-0.2, 0) is 10.0 Å². The molecule has 0 bridgehead atoms. The van der Waals surface area contributed by atoms with Gasteiger partial charge in [0.1, 0.15) is 0 Å². The van der Waals surface area contributed by atoms with Crippen molar-refractivity contribution in [3.63, 3.8) is 0 Å². The number of hydrogen-bond donors (Lipinski definition) is 2. The number of nitrogens with zero attached hydrogens (tertiary/aromatic N) is 2. The Balaban J connectivity index is 1.74. The highest BCUT2D eigenvalue weighted by molar-refractivity contribution is 7.91. The molecule has 1 unspecified atom stereocenters. The normalized spacial score (nSPS) is 12.5. The molecule has 1 aromatic heterocycles. The molecular formula is C20H21ClN4O3S2. The summed E-state index contributed by atoms with van der Waals surface area (Å²) in [5.41, 5.74) is 3.48. The van der Waals surface area contributed by atoms with Gasteiger partial charge < -0.3 is 0 Å². The van der Waals surface area contributed by atoms with Crippen molar-refractivity contribution in [2.45, 2.75) is 37.6 Å². The number of hydrogen-bond acceptors (Lipinski definition) is 6. The van der Waals surface area contributed by atoms with E-state index >= 15 is 0 Å². The molecule has 3 aromatic rings. The van der Waals surface area contributed by atoms with Crippen molar-refractivity contribution < 1.29 is 13.2 Å². The number of sulfonamides is 1. The van der Waals surface area contributed by atoms with Crippen molar-refractivity contribution in [3.8, 4) is 0 Å². The van der Waals surface area contributed by atoms with Crippen LogP contribution in [0.25, 0.3) is 0 Å². The van der Waals surface area contributed by atoms with Crippen LogP contribution in [0, 0.1) is 13.8 Å². The van der Waals surface area contributed by atoms with Crippen LogP contribution in [0.3, 0.4) is 0 Å². The number of nitrogens with one attached hydrogen (secondary N) is 2. The lowest BCUT2D eigenvalue weighted by atomic mass is 10.0. The van der Waals surface area contributed by atoms with Crippen LogP contribution < -0.4 is 10.0 Å². The summed E-state index contributed by atoms with van der Waals surface area (Å²) in [4.78, 5) is 12.3. The Morgan fingerprint density at radius 3 is 2.43 bits per heavy atom. The Kier molecular flexibility index (Phi) is 6.87. The van der Waals surface area contributed by atoms with E-state index < -0.39 is 22.0 Å². The van der Waals surface area contributed by atoms with Crippen LogP contribution in [0.5, 0.6) is 0 Å². The summed E-state index contributed by atoms with van der Waals surface area (Å²) in [6, 6.07) is 11.8. The van der Waals surface area contributed by atoms with Crippen molar-refractivity contribution in [3.05, 3.63) is 69.7 Å². The van der Waals surface area contributed by atoms with E-state index in [4.69, 9.17) is 11.6 Å². The maximum Gasteiger partial charge on any atom is 0.270 e. The first-order valence-electron chi connectivity index (χ1n) is 9.19. The van der Waals surface area contributed by atoms with E-state index in [-0.39, 0.29) is 9.47 Å². The zero-order valence-electron chi connectivity index (χ0n) is 16.6. The van der Waals surface area contributed by atoms with Crippen molar-refractivity contribution in [2.24, 2.45) is 0 Å². The van der Waals surface area contributed by atoms with Gasteiger partial charge in [-0.1, -0.05) is 48.1 Å². The molecule has 0 saturated heterocycles. The zero-order valence-corrected chi connectivity index (χ0v) is 19.0. The molecular weight excluding hydrogens is 444 g/mol. The molecule has 10 heteroatoms. The molecule has 3 rings (SSSR count). The number of carbonyl (C=O) groups is 1. The molecule has 7 nitrogen and oxygen atoms in total. The van der Waals surface area contributed by atoms with Gasteiger partial charge in [0.15, 0.2) is 0 Å². The van der Waals surface area contributed by atoms with Crippen LogP contribution in [0.15, 0.2) is 46.8 Å². The summed E-state index contributed by atoms with van der Waals surface area (Å²) in [5.74, 6) is -0.429. The van der Waals surface area contributed by atoms with Crippen molar-refractivity contribution in [1.82, 2.24) is 14.9 Å². The minimum Gasteiger partial charge on any atom is -0.296 e. The van der Waals surface area contributed by atoms with Gasteiger partial charge in [-0.05, 0) is 61.2 Å². The molecule has 2 N–H and O–H groups in total. The molecule has 0 spiro atoms. The molecule has 0 radical (unpaired) electrons. The highest BCUT2D eigenvalue weighted by Gasteiger charge is 2.25. The minimum atomic E-state index is -3.90. The van der Waals surface area contributed by atoms with Gasteiger partial charge in [-0.15, -0.1) is 10.2 Å². The Bertz CT molecular complexity index is 1160. The van der Waals surface area contributed by atoms with Gasteiger partial charge in [0, 0.05) is 16.6 Å². The zero-order chi connectivity index (χ0) is 21.9. The molecule has 1 amide bonds. The van der Waals surface area contributed by atoms with Crippen LogP contribution in [0.1, 0.15) is 46.4 Å². The lowest BCUT2D eigenvalue weighted by Gasteiger charge is -2.17.